The van der Waals surface area contributed by atoms with Crippen molar-refractivity contribution >= 4 is 50.5 Å². The van der Waals surface area contributed by atoms with Crippen LogP contribution in [0.4, 0.5) is 5.69 Å². The van der Waals surface area contributed by atoms with E-state index in [1.165, 1.54) is 23.1 Å². The van der Waals surface area contributed by atoms with Gasteiger partial charge in [0, 0.05) is 18.8 Å². The number of anilines is 1. The molecule has 1 fully saturated rings. The van der Waals surface area contributed by atoms with E-state index in [4.69, 9.17) is 4.74 Å². The van der Waals surface area contributed by atoms with Crippen molar-refractivity contribution in [1.29, 1.82) is 5.26 Å². The van der Waals surface area contributed by atoms with Crippen LogP contribution in [0.15, 0.2) is 53.6 Å². The molecule has 1 saturated heterocycles. The Morgan fingerprint density at radius 2 is 1.97 bits per heavy atom. The molecule has 0 saturated carbocycles. The highest BCUT2D eigenvalue weighted by atomic mass is 32.2. The summed E-state index contributed by atoms with van der Waals surface area (Å²) in [6, 6.07) is 18.1. The molecule has 1 aliphatic rings. The van der Waals surface area contributed by atoms with Crippen molar-refractivity contribution in [2.75, 3.05) is 37.4 Å². The quantitative estimate of drug-likeness (QED) is 0.557. The Labute approximate surface area is 189 Å². The third kappa shape index (κ3) is 5.25. The standard InChI is InChI=1S/C23H22N4O2S2/c1-16-6-8-17(9-7-16)25-22(30-15-21(28)27-10-12-29-13-11-27)18(14-24)23-26-19-4-2-3-5-20(19)31-23/h2-9,25H,10-13,15H2,1H3/b22-18+. The lowest BCUT2D eigenvalue weighted by atomic mass is 10.2. The topological polar surface area (TPSA) is 78.3 Å². The number of thiazole rings is 1. The van der Waals surface area contributed by atoms with Crippen molar-refractivity contribution < 1.29 is 9.53 Å². The normalized spacial score (nSPS) is 14.8. The molecule has 0 spiro atoms. The van der Waals surface area contributed by atoms with Gasteiger partial charge in [-0.2, -0.15) is 5.26 Å². The van der Waals surface area contributed by atoms with Crippen LogP contribution in [0.2, 0.25) is 0 Å². The van der Waals surface area contributed by atoms with Crippen molar-refractivity contribution in [2.24, 2.45) is 0 Å². The van der Waals surface area contributed by atoms with Crippen LogP contribution in [0.3, 0.4) is 0 Å². The number of ether oxygens (including phenoxy) is 1. The molecule has 3 aromatic rings. The van der Waals surface area contributed by atoms with E-state index < -0.39 is 0 Å². The highest BCUT2D eigenvalue weighted by Gasteiger charge is 2.20. The minimum absolute atomic E-state index is 0.0399. The number of hydrogen-bond acceptors (Lipinski definition) is 7. The molecule has 1 N–H and O–H groups in total. The second-order valence-electron chi connectivity index (χ2n) is 7.08. The van der Waals surface area contributed by atoms with Crippen molar-refractivity contribution in [3.8, 4) is 6.07 Å². The van der Waals surface area contributed by atoms with Crippen LogP contribution in [0.1, 0.15) is 10.6 Å². The van der Waals surface area contributed by atoms with Crippen molar-refractivity contribution in [3.63, 3.8) is 0 Å². The monoisotopic (exact) mass is 450 g/mol. The van der Waals surface area contributed by atoms with E-state index in [9.17, 15) is 10.1 Å². The maximum absolute atomic E-state index is 12.7. The van der Waals surface area contributed by atoms with Crippen molar-refractivity contribution in [1.82, 2.24) is 9.88 Å². The number of para-hydroxylation sites is 1. The summed E-state index contributed by atoms with van der Waals surface area (Å²) in [5.41, 5.74) is 3.32. The number of aromatic nitrogens is 1. The van der Waals surface area contributed by atoms with Gasteiger partial charge in [-0.3, -0.25) is 4.79 Å². The molecule has 0 atom stereocenters. The molecule has 0 aliphatic carbocycles. The van der Waals surface area contributed by atoms with Gasteiger partial charge >= 0.3 is 0 Å². The number of carbonyl (C=O) groups is 1. The molecule has 2 aromatic carbocycles. The fourth-order valence-corrected chi connectivity index (χ4v) is 5.11. The number of rotatable bonds is 6. The van der Waals surface area contributed by atoms with Gasteiger partial charge in [-0.25, -0.2) is 4.98 Å². The van der Waals surface area contributed by atoms with E-state index in [0.717, 1.165) is 21.5 Å². The Kier molecular flexibility index (Phi) is 6.87. The van der Waals surface area contributed by atoms with Crippen LogP contribution >= 0.6 is 23.1 Å². The van der Waals surface area contributed by atoms with Crippen LogP contribution in [-0.4, -0.2) is 47.8 Å². The number of morpholine rings is 1. The predicted octanol–water partition coefficient (Wildman–Crippen LogP) is 4.50. The maximum atomic E-state index is 12.7. The second kappa shape index (κ2) is 9.96. The summed E-state index contributed by atoms with van der Waals surface area (Å²) in [4.78, 5) is 19.2. The second-order valence-corrected chi connectivity index (χ2v) is 9.09. The minimum atomic E-state index is 0.0399. The maximum Gasteiger partial charge on any atom is 0.233 e. The number of carbonyl (C=O) groups excluding carboxylic acids is 1. The molecule has 31 heavy (non-hydrogen) atoms. The molecule has 0 radical (unpaired) electrons. The average Bonchev–Trinajstić information content (AvgIpc) is 3.23. The molecular formula is C23H22N4O2S2. The molecule has 1 aliphatic heterocycles. The van der Waals surface area contributed by atoms with Gasteiger partial charge in [0.2, 0.25) is 5.91 Å². The summed E-state index contributed by atoms with van der Waals surface area (Å²) in [6.07, 6.45) is 0. The zero-order chi connectivity index (χ0) is 21.6. The van der Waals surface area contributed by atoms with E-state index in [1.807, 2.05) is 60.4 Å². The molecule has 2 heterocycles. The number of fused-ring (bicyclic) bond motifs is 1. The highest BCUT2D eigenvalue weighted by Crippen LogP contribution is 2.33. The smallest absolute Gasteiger partial charge is 0.233 e. The molecule has 4 rings (SSSR count). The first-order valence-electron chi connectivity index (χ1n) is 9.96. The number of aryl methyl sites for hydroxylation is 1. The summed E-state index contributed by atoms with van der Waals surface area (Å²) in [7, 11) is 0. The number of allylic oxidation sites excluding steroid dienone is 1. The summed E-state index contributed by atoms with van der Waals surface area (Å²) < 4.78 is 6.36. The van der Waals surface area contributed by atoms with Gasteiger partial charge in [0.1, 0.15) is 16.6 Å². The van der Waals surface area contributed by atoms with Gasteiger partial charge in [-0.15, -0.1) is 11.3 Å². The van der Waals surface area contributed by atoms with Crippen molar-refractivity contribution in [2.45, 2.75) is 6.92 Å². The molecule has 0 unspecified atom stereocenters. The molecule has 1 aromatic heterocycles. The van der Waals surface area contributed by atoms with Crippen LogP contribution in [0.5, 0.6) is 0 Å². The predicted molar refractivity (Wildman–Crippen MR) is 127 cm³/mol. The molecule has 6 nitrogen and oxygen atoms in total. The Balaban J connectivity index is 1.64. The number of nitrogens with one attached hydrogen (secondary N) is 1. The van der Waals surface area contributed by atoms with Crippen LogP contribution in [0, 0.1) is 18.3 Å². The zero-order valence-electron chi connectivity index (χ0n) is 17.1. The lowest BCUT2D eigenvalue weighted by Gasteiger charge is -2.27. The first-order valence-corrected chi connectivity index (χ1v) is 11.8. The van der Waals surface area contributed by atoms with E-state index in [1.54, 1.807) is 0 Å². The summed E-state index contributed by atoms with van der Waals surface area (Å²) >= 11 is 2.82. The minimum Gasteiger partial charge on any atom is -0.378 e. The summed E-state index contributed by atoms with van der Waals surface area (Å²) in [5, 5.41) is 14.6. The third-order valence-electron chi connectivity index (χ3n) is 4.86. The fourth-order valence-electron chi connectivity index (χ4n) is 3.15. The Morgan fingerprint density at radius 1 is 1.23 bits per heavy atom. The van der Waals surface area contributed by atoms with Gasteiger partial charge in [0.25, 0.3) is 0 Å². The Morgan fingerprint density at radius 3 is 2.68 bits per heavy atom. The Hall–Kier alpha value is -2.86. The van der Waals surface area contributed by atoms with Gasteiger partial charge in [0.15, 0.2) is 0 Å². The number of thioether (sulfide) groups is 1. The number of benzene rings is 2. The average molecular weight is 451 g/mol. The SMILES string of the molecule is Cc1ccc(N/C(SCC(=O)N2CCOCC2)=C(/C#N)c2nc3ccccc3s2)cc1. The molecule has 158 valence electrons. The van der Waals surface area contributed by atoms with E-state index in [2.05, 4.69) is 16.4 Å². The van der Waals surface area contributed by atoms with Gasteiger partial charge in [-0.05, 0) is 31.2 Å². The molecule has 1 amide bonds. The van der Waals surface area contributed by atoms with E-state index in [-0.39, 0.29) is 11.7 Å². The number of hydrogen-bond donors (Lipinski definition) is 1. The summed E-state index contributed by atoms with van der Waals surface area (Å²) in [5.74, 6) is 0.280. The molecule has 8 heteroatoms. The van der Waals surface area contributed by atoms with E-state index >= 15 is 0 Å². The lowest BCUT2D eigenvalue weighted by Crippen LogP contribution is -2.41. The summed E-state index contributed by atoms with van der Waals surface area (Å²) in [6.45, 7) is 4.36. The Bertz CT molecular complexity index is 1110. The van der Waals surface area contributed by atoms with Crippen molar-refractivity contribution in [3.05, 3.63) is 64.1 Å². The first-order chi connectivity index (χ1) is 15.1. The first kappa shape index (κ1) is 21.4. The van der Waals surface area contributed by atoms with Crippen LogP contribution < -0.4 is 5.32 Å². The van der Waals surface area contributed by atoms with Gasteiger partial charge in [-0.1, -0.05) is 41.6 Å². The third-order valence-corrected chi connectivity index (χ3v) is 6.90. The molecular weight excluding hydrogens is 428 g/mol. The zero-order valence-corrected chi connectivity index (χ0v) is 18.8. The number of nitrogens with zero attached hydrogens (tertiary/aromatic N) is 3. The number of amides is 1. The van der Waals surface area contributed by atoms with Crippen LogP contribution in [0.25, 0.3) is 15.8 Å². The van der Waals surface area contributed by atoms with Gasteiger partial charge in [0.05, 0.1) is 34.2 Å². The fraction of sp³-hybridized carbons (Fsp3) is 0.261. The van der Waals surface area contributed by atoms with Crippen LogP contribution in [-0.2, 0) is 9.53 Å². The van der Waals surface area contributed by atoms with E-state index in [0.29, 0.717) is 41.9 Å². The largest absolute Gasteiger partial charge is 0.378 e. The van der Waals surface area contributed by atoms with Gasteiger partial charge < -0.3 is 15.0 Å². The molecule has 0 bridgehead atoms. The lowest BCUT2D eigenvalue weighted by molar-refractivity contribution is -0.132. The highest BCUT2D eigenvalue weighted by molar-refractivity contribution is 8.04. The number of nitriles is 1.